The first-order chi connectivity index (χ1) is 8.09. The average Bonchev–Trinajstić information content (AvgIpc) is 2.81. The lowest BCUT2D eigenvalue weighted by molar-refractivity contribution is -0.142. The second-order valence-electron chi connectivity index (χ2n) is 5.49. The maximum Gasteiger partial charge on any atom is 0.243 e. The van der Waals surface area contributed by atoms with Gasteiger partial charge < -0.3 is 10.0 Å². The van der Waals surface area contributed by atoms with E-state index in [1.54, 1.807) is 4.90 Å². The van der Waals surface area contributed by atoms with Gasteiger partial charge in [-0.2, -0.15) is 5.26 Å². The number of aliphatic hydroxyl groups is 1. The third kappa shape index (κ3) is 2.16. The Morgan fingerprint density at radius 3 is 2.65 bits per heavy atom. The summed E-state index contributed by atoms with van der Waals surface area (Å²) in [5, 5.41) is 18.9. The fourth-order valence-electron chi connectivity index (χ4n) is 2.97. The first kappa shape index (κ1) is 12.4. The Morgan fingerprint density at radius 2 is 2.12 bits per heavy atom. The van der Waals surface area contributed by atoms with Crippen LogP contribution >= 0.6 is 0 Å². The van der Waals surface area contributed by atoms with E-state index in [0.29, 0.717) is 32.4 Å². The van der Waals surface area contributed by atoms with Crippen molar-refractivity contribution in [3.05, 3.63) is 0 Å². The van der Waals surface area contributed by atoms with Gasteiger partial charge in [-0.05, 0) is 25.2 Å². The van der Waals surface area contributed by atoms with E-state index in [2.05, 4.69) is 6.07 Å². The van der Waals surface area contributed by atoms with Crippen LogP contribution in [0.4, 0.5) is 0 Å². The van der Waals surface area contributed by atoms with Gasteiger partial charge in [-0.3, -0.25) is 4.79 Å². The van der Waals surface area contributed by atoms with Gasteiger partial charge in [0.15, 0.2) is 0 Å². The van der Waals surface area contributed by atoms with Gasteiger partial charge in [0.1, 0.15) is 5.41 Å². The van der Waals surface area contributed by atoms with Gasteiger partial charge in [0, 0.05) is 13.1 Å². The molecule has 1 saturated carbocycles. The van der Waals surface area contributed by atoms with E-state index in [4.69, 9.17) is 0 Å². The van der Waals surface area contributed by atoms with Crippen LogP contribution < -0.4 is 0 Å². The van der Waals surface area contributed by atoms with Crippen LogP contribution in [0.1, 0.15) is 39.0 Å². The highest BCUT2D eigenvalue weighted by Gasteiger charge is 2.45. The number of nitriles is 1. The average molecular weight is 236 g/mol. The maximum absolute atomic E-state index is 12.4. The van der Waals surface area contributed by atoms with Crippen molar-refractivity contribution in [1.82, 2.24) is 4.90 Å². The number of piperidine rings is 1. The summed E-state index contributed by atoms with van der Waals surface area (Å²) < 4.78 is 0. The summed E-state index contributed by atoms with van der Waals surface area (Å²) in [6.07, 6.45) is 3.69. The van der Waals surface area contributed by atoms with Crippen LogP contribution in [0.3, 0.4) is 0 Å². The minimum absolute atomic E-state index is 0.00347. The Bertz CT molecular complexity index is 342. The molecular formula is C13H20N2O2. The van der Waals surface area contributed by atoms with Crippen LogP contribution in [-0.2, 0) is 4.79 Å². The van der Waals surface area contributed by atoms with Crippen molar-refractivity contribution < 1.29 is 9.90 Å². The second-order valence-corrected chi connectivity index (χ2v) is 5.49. The molecule has 4 nitrogen and oxygen atoms in total. The monoisotopic (exact) mass is 236 g/mol. The zero-order valence-electron chi connectivity index (χ0n) is 10.4. The lowest BCUT2D eigenvalue weighted by Gasteiger charge is -2.37. The number of amides is 1. The van der Waals surface area contributed by atoms with Gasteiger partial charge in [-0.25, -0.2) is 0 Å². The van der Waals surface area contributed by atoms with Crippen LogP contribution in [0.25, 0.3) is 0 Å². The Labute approximate surface area is 102 Å². The minimum atomic E-state index is -0.762. The lowest BCUT2D eigenvalue weighted by Crippen LogP contribution is -2.49. The number of rotatable bonds is 1. The van der Waals surface area contributed by atoms with Crippen LogP contribution in [0.5, 0.6) is 0 Å². The quantitative estimate of drug-likeness (QED) is 0.746. The molecular weight excluding hydrogens is 216 g/mol. The molecule has 1 heterocycles. The molecule has 17 heavy (non-hydrogen) atoms. The molecule has 2 aliphatic rings. The largest absolute Gasteiger partial charge is 0.393 e. The molecule has 0 aromatic carbocycles. The smallest absolute Gasteiger partial charge is 0.243 e. The molecule has 94 valence electrons. The molecule has 1 saturated heterocycles. The summed E-state index contributed by atoms with van der Waals surface area (Å²) in [5.74, 6) is 0.112. The molecule has 2 rings (SSSR count). The number of carbonyl (C=O) groups excluding carboxylic acids is 1. The molecule has 1 aliphatic heterocycles. The zero-order chi connectivity index (χ0) is 12.5. The number of carbonyl (C=O) groups is 1. The molecule has 4 heteroatoms. The van der Waals surface area contributed by atoms with E-state index in [-0.39, 0.29) is 17.9 Å². The Morgan fingerprint density at radius 1 is 1.47 bits per heavy atom. The van der Waals surface area contributed by atoms with Gasteiger partial charge in [-0.1, -0.05) is 19.8 Å². The van der Waals surface area contributed by atoms with Crippen molar-refractivity contribution in [2.75, 3.05) is 13.1 Å². The molecule has 0 radical (unpaired) electrons. The summed E-state index contributed by atoms with van der Waals surface area (Å²) in [4.78, 5) is 14.2. The first-order valence-electron chi connectivity index (χ1n) is 6.48. The molecule has 0 spiro atoms. The second kappa shape index (κ2) is 4.66. The maximum atomic E-state index is 12.4. The van der Waals surface area contributed by atoms with Gasteiger partial charge >= 0.3 is 0 Å². The Hall–Kier alpha value is -1.08. The number of hydrogen-bond acceptors (Lipinski definition) is 3. The fraction of sp³-hybridized carbons (Fsp3) is 0.846. The minimum Gasteiger partial charge on any atom is -0.393 e. The fourth-order valence-corrected chi connectivity index (χ4v) is 2.97. The van der Waals surface area contributed by atoms with Crippen LogP contribution in [-0.4, -0.2) is 35.1 Å². The van der Waals surface area contributed by atoms with E-state index in [9.17, 15) is 15.2 Å². The van der Waals surface area contributed by atoms with Crippen molar-refractivity contribution in [2.24, 2.45) is 11.3 Å². The highest BCUT2D eigenvalue weighted by atomic mass is 16.3. The van der Waals surface area contributed by atoms with Crippen LogP contribution in [0.15, 0.2) is 0 Å². The van der Waals surface area contributed by atoms with E-state index in [1.807, 2.05) is 6.92 Å². The first-order valence-corrected chi connectivity index (χ1v) is 6.48. The van der Waals surface area contributed by atoms with E-state index < -0.39 is 5.41 Å². The standard InChI is InChI=1S/C13H20N2O2/c1-10-8-15(7-4-11(10)16)12(17)13(9-14)5-2-3-6-13/h10-11,16H,2-8H2,1H3. The predicted octanol–water partition coefficient (Wildman–Crippen LogP) is 1.30. The Balaban J connectivity index is 2.07. The molecule has 0 aromatic heterocycles. The number of hydrogen-bond donors (Lipinski definition) is 1. The SMILES string of the molecule is CC1CN(C(=O)C2(C#N)CCCC2)CCC1O. The summed E-state index contributed by atoms with van der Waals surface area (Å²) in [6.45, 7) is 3.13. The van der Waals surface area contributed by atoms with E-state index >= 15 is 0 Å². The van der Waals surface area contributed by atoms with Crippen molar-refractivity contribution in [2.45, 2.75) is 45.1 Å². The number of aliphatic hydroxyl groups excluding tert-OH is 1. The lowest BCUT2D eigenvalue weighted by atomic mass is 9.85. The molecule has 1 N–H and O–H groups in total. The van der Waals surface area contributed by atoms with Crippen molar-refractivity contribution >= 4 is 5.91 Å². The topological polar surface area (TPSA) is 64.3 Å². The highest BCUT2D eigenvalue weighted by Crippen LogP contribution is 2.39. The summed E-state index contributed by atoms with van der Waals surface area (Å²) in [5.41, 5.74) is -0.762. The van der Waals surface area contributed by atoms with Gasteiger partial charge in [-0.15, -0.1) is 0 Å². The molecule has 1 aliphatic carbocycles. The molecule has 0 aromatic rings. The zero-order valence-corrected chi connectivity index (χ0v) is 10.4. The van der Waals surface area contributed by atoms with Crippen molar-refractivity contribution in [1.29, 1.82) is 5.26 Å². The molecule has 2 atom stereocenters. The molecule has 2 unspecified atom stereocenters. The van der Waals surface area contributed by atoms with Crippen molar-refractivity contribution in [3.63, 3.8) is 0 Å². The molecule has 2 fully saturated rings. The van der Waals surface area contributed by atoms with E-state index in [0.717, 1.165) is 12.8 Å². The van der Waals surface area contributed by atoms with Crippen LogP contribution in [0, 0.1) is 22.7 Å². The number of nitrogens with zero attached hydrogens (tertiary/aromatic N) is 2. The molecule has 0 bridgehead atoms. The predicted molar refractivity (Wildman–Crippen MR) is 62.9 cm³/mol. The van der Waals surface area contributed by atoms with Gasteiger partial charge in [0.25, 0.3) is 0 Å². The number of likely N-dealkylation sites (tertiary alicyclic amines) is 1. The van der Waals surface area contributed by atoms with Crippen LogP contribution in [0.2, 0.25) is 0 Å². The third-order valence-electron chi connectivity index (χ3n) is 4.23. The summed E-state index contributed by atoms with van der Waals surface area (Å²) >= 11 is 0. The van der Waals surface area contributed by atoms with Gasteiger partial charge in [0.2, 0.25) is 5.91 Å². The highest BCUT2D eigenvalue weighted by molar-refractivity contribution is 5.86. The summed E-state index contributed by atoms with van der Waals surface area (Å²) in [7, 11) is 0. The van der Waals surface area contributed by atoms with Gasteiger partial charge in [0.05, 0.1) is 12.2 Å². The normalized spacial score (nSPS) is 32.2. The summed E-state index contributed by atoms with van der Waals surface area (Å²) in [6, 6.07) is 2.25. The Kier molecular flexibility index (Phi) is 3.39. The van der Waals surface area contributed by atoms with E-state index in [1.165, 1.54) is 0 Å². The van der Waals surface area contributed by atoms with Crippen molar-refractivity contribution in [3.8, 4) is 6.07 Å². The molecule has 1 amide bonds. The third-order valence-corrected chi connectivity index (χ3v) is 4.23.